The average Bonchev–Trinajstić information content (AvgIpc) is 4.01. The van der Waals surface area contributed by atoms with E-state index in [4.69, 9.17) is 18.5 Å². The number of aromatic nitrogens is 1. The number of aryl methyl sites for hydroxylation is 1. The number of hydrogen-bond donors (Lipinski definition) is 2. The lowest BCUT2D eigenvalue weighted by atomic mass is 10.0. The molecule has 3 aliphatic rings. The number of benzene rings is 5. The Labute approximate surface area is 410 Å². The summed E-state index contributed by atoms with van der Waals surface area (Å²) < 4.78 is 53.8. The minimum Gasteiger partial charge on any atom is -0.465 e. The third-order valence-corrected chi connectivity index (χ3v) is 15.5. The van der Waals surface area contributed by atoms with Crippen LogP contribution in [0.15, 0.2) is 120 Å². The van der Waals surface area contributed by atoms with Crippen LogP contribution in [-0.2, 0) is 28.4 Å². The third kappa shape index (κ3) is 10.4. The van der Waals surface area contributed by atoms with Crippen LogP contribution in [-0.4, -0.2) is 113 Å². The van der Waals surface area contributed by atoms with Gasteiger partial charge in [0.05, 0.1) is 37.8 Å². The fourth-order valence-electron chi connectivity index (χ4n) is 9.69. The minimum absolute atomic E-state index is 0.0542. The topological polar surface area (TPSA) is 190 Å². The Hall–Kier alpha value is -6.94. The molecule has 2 unspecified atom stereocenters. The van der Waals surface area contributed by atoms with Crippen molar-refractivity contribution in [3.8, 4) is 5.75 Å². The van der Waals surface area contributed by atoms with Gasteiger partial charge >= 0.3 is 13.5 Å². The summed E-state index contributed by atoms with van der Waals surface area (Å²) in [6.45, 7) is 6.20. The molecular formula is C53H56FN6O10P. The van der Waals surface area contributed by atoms with Crippen LogP contribution in [0.25, 0.3) is 21.7 Å². The molecule has 6 aromatic rings. The van der Waals surface area contributed by atoms with Gasteiger partial charge in [0.2, 0.25) is 17.7 Å². The number of esters is 1. The monoisotopic (exact) mass is 986 g/mol. The highest BCUT2D eigenvalue weighted by Crippen LogP contribution is 2.58. The van der Waals surface area contributed by atoms with E-state index in [2.05, 4.69) is 15.6 Å². The third-order valence-electron chi connectivity index (χ3n) is 13.4. The number of carbonyl (C=O) groups excluding carboxylic acids is 5. The van der Waals surface area contributed by atoms with Crippen molar-refractivity contribution in [3.63, 3.8) is 0 Å². The van der Waals surface area contributed by atoms with Crippen LogP contribution in [0.4, 0.5) is 4.39 Å². The SMILES string of the molecule is CCCOC(=O)[C@H](C)NP(=O)(Oc1ccccc1)C(F)c1ccc2ccc(C(=O)N[C@H]3CN(C(=O)c4noc5ccc(C)cc45)CC[C@H]4CC[C@@H](C(=O)N5CCOC[C@@H]5c5ccccc5)N4C3=O)cc2c1. The van der Waals surface area contributed by atoms with Gasteiger partial charge < -0.3 is 38.5 Å². The number of fused-ring (bicyclic) bond motifs is 3. The van der Waals surface area contributed by atoms with Crippen LogP contribution in [0.5, 0.6) is 5.75 Å². The number of nitrogens with one attached hydrogen (secondary N) is 2. The van der Waals surface area contributed by atoms with Crippen molar-refractivity contribution in [1.82, 2.24) is 30.3 Å². The van der Waals surface area contributed by atoms with E-state index >= 15 is 9.18 Å². The molecule has 0 saturated carbocycles. The van der Waals surface area contributed by atoms with Crippen molar-refractivity contribution in [1.29, 1.82) is 0 Å². The Morgan fingerprint density at radius 3 is 2.44 bits per heavy atom. The Morgan fingerprint density at radius 2 is 1.66 bits per heavy atom. The van der Waals surface area contributed by atoms with Crippen LogP contribution in [0, 0.1) is 6.92 Å². The first-order chi connectivity index (χ1) is 34.3. The molecule has 4 amide bonds. The number of hydrogen-bond acceptors (Lipinski definition) is 11. The lowest BCUT2D eigenvalue weighted by Gasteiger charge is -2.42. The highest BCUT2D eigenvalue weighted by atomic mass is 31.2. The molecule has 370 valence electrons. The summed E-state index contributed by atoms with van der Waals surface area (Å²) in [7, 11) is -4.56. The zero-order valence-electron chi connectivity index (χ0n) is 39.7. The van der Waals surface area contributed by atoms with Gasteiger partial charge in [0.1, 0.15) is 23.9 Å². The normalized spacial score (nSPS) is 21.1. The molecule has 1 aromatic heterocycles. The molecule has 0 aliphatic carbocycles. The summed E-state index contributed by atoms with van der Waals surface area (Å²) in [4.78, 5) is 76.5. The van der Waals surface area contributed by atoms with Crippen LogP contribution >= 0.6 is 7.52 Å². The summed E-state index contributed by atoms with van der Waals surface area (Å²) in [5, 5.41) is 11.2. The summed E-state index contributed by atoms with van der Waals surface area (Å²) in [6.07, 6.45) is 1.83. The van der Waals surface area contributed by atoms with Gasteiger partial charge in [0, 0.05) is 24.7 Å². The van der Waals surface area contributed by atoms with Crippen molar-refractivity contribution in [3.05, 3.63) is 143 Å². The molecule has 18 heteroatoms. The van der Waals surface area contributed by atoms with E-state index in [-0.39, 0.29) is 54.2 Å². The molecule has 3 fully saturated rings. The zero-order valence-corrected chi connectivity index (χ0v) is 40.6. The molecular weight excluding hydrogens is 931 g/mol. The molecule has 4 heterocycles. The second kappa shape index (κ2) is 21.2. The van der Waals surface area contributed by atoms with Crippen molar-refractivity contribution >= 4 is 58.9 Å². The van der Waals surface area contributed by atoms with Gasteiger partial charge in [0.15, 0.2) is 11.3 Å². The molecule has 9 rings (SSSR count). The van der Waals surface area contributed by atoms with Crippen molar-refractivity contribution in [2.24, 2.45) is 0 Å². The van der Waals surface area contributed by atoms with E-state index in [0.717, 1.165) is 11.1 Å². The van der Waals surface area contributed by atoms with Crippen LogP contribution in [0.1, 0.15) is 89.0 Å². The number of amides is 4. The Kier molecular flexibility index (Phi) is 14.6. The van der Waals surface area contributed by atoms with E-state index in [0.29, 0.717) is 67.2 Å². The molecule has 0 spiro atoms. The zero-order chi connectivity index (χ0) is 49.8. The lowest BCUT2D eigenvalue weighted by molar-refractivity contribution is -0.152. The number of carbonyl (C=O) groups is 5. The minimum atomic E-state index is -4.56. The number of morpholine rings is 1. The first-order valence-corrected chi connectivity index (χ1v) is 25.7. The van der Waals surface area contributed by atoms with Gasteiger partial charge in [-0.2, -0.15) is 0 Å². The summed E-state index contributed by atoms with van der Waals surface area (Å²) in [5.41, 5.74) is 2.36. The highest BCUT2D eigenvalue weighted by molar-refractivity contribution is 7.57. The maximum absolute atomic E-state index is 16.9. The van der Waals surface area contributed by atoms with E-state index in [1.54, 1.807) is 52.3 Å². The van der Waals surface area contributed by atoms with Crippen molar-refractivity contribution in [2.45, 2.75) is 82.6 Å². The smallest absolute Gasteiger partial charge is 0.355 e. The number of halogens is 1. The standard InChI is InChI=1S/C53H56FN6O10P/c1-4-26-68-53(65)34(3)57-71(66,70-41-13-9-6-10-14-41)48(54)37-18-16-35-17-19-38(30-39(35)29-37)49(61)55-43-31-58(52(64)47-42-28-33(2)15-22-46(42)69-56-47)24-23-40-20-21-44(60(40)50(43)62)51(63)59-25-27-67-32-45(59)36-11-7-5-8-12-36/h5-19,22,28-30,34,40,43-45,48H,4,20-21,23-27,31-32H2,1-3H3,(H,55,61)(H,57,66)/t34-,40+,43-,44-,45+,48?,71?/m0/s1. The predicted octanol–water partition coefficient (Wildman–Crippen LogP) is 8.07. The van der Waals surface area contributed by atoms with Gasteiger partial charge in [-0.25, -0.2) is 9.48 Å². The van der Waals surface area contributed by atoms with Gasteiger partial charge in [0.25, 0.3) is 11.8 Å². The lowest BCUT2D eigenvalue weighted by Crippen LogP contribution is -2.62. The van der Waals surface area contributed by atoms with Crippen LogP contribution in [0.2, 0.25) is 0 Å². The van der Waals surface area contributed by atoms with Gasteiger partial charge in [-0.15, -0.1) is 0 Å². The predicted molar refractivity (Wildman–Crippen MR) is 262 cm³/mol. The number of para-hydroxylation sites is 1. The number of rotatable bonds is 14. The van der Waals surface area contributed by atoms with Gasteiger partial charge in [-0.1, -0.05) is 90.4 Å². The maximum Gasteiger partial charge on any atom is 0.355 e. The summed E-state index contributed by atoms with van der Waals surface area (Å²) in [5.74, 6) is -4.76. The molecule has 3 saturated heterocycles. The summed E-state index contributed by atoms with van der Waals surface area (Å²) >= 11 is 0. The maximum atomic E-state index is 16.9. The molecule has 5 aromatic carbocycles. The first-order valence-electron chi connectivity index (χ1n) is 24.0. The van der Waals surface area contributed by atoms with Crippen molar-refractivity contribution in [2.75, 3.05) is 39.5 Å². The molecule has 2 N–H and O–H groups in total. The van der Waals surface area contributed by atoms with Crippen molar-refractivity contribution < 1.29 is 51.4 Å². The molecule has 0 bridgehead atoms. The first kappa shape index (κ1) is 49.1. The molecule has 16 nitrogen and oxygen atoms in total. The van der Waals surface area contributed by atoms with Gasteiger partial charge in [-0.05, 0) is 104 Å². The van der Waals surface area contributed by atoms with Gasteiger partial charge in [-0.3, -0.25) is 28.5 Å². The van der Waals surface area contributed by atoms with Crippen LogP contribution < -0.4 is 14.9 Å². The van der Waals surface area contributed by atoms with E-state index in [1.165, 1.54) is 42.2 Å². The van der Waals surface area contributed by atoms with Crippen LogP contribution in [0.3, 0.4) is 0 Å². The molecule has 3 aliphatic heterocycles. The Bertz CT molecular complexity index is 2990. The largest absolute Gasteiger partial charge is 0.465 e. The number of nitrogens with zero attached hydrogens (tertiary/aromatic N) is 4. The molecule has 0 radical (unpaired) electrons. The second-order valence-corrected chi connectivity index (χ2v) is 20.4. The molecule has 7 atom stereocenters. The highest BCUT2D eigenvalue weighted by Gasteiger charge is 2.48. The fourth-order valence-corrected chi connectivity index (χ4v) is 11.6. The fraction of sp³-hybridized carbons (Fsp3) is 0.358. The summed E-state index contributed by atoms with van der Waals surface area (Å²) in [6, 6.07) is 28.2. The number of ether oxygens (including phenoxy) is 2. The van der Waals surface area contributed by atoms with E-state index < -0.39 is 61.3 Å². The second-order valence-electron chi connectivity index (χ2n) is 18.3. The Morgan fingerprint density at radius 1 is 0.901 bits per heavy atom. The van der Waals surface area contributed by atoms with E-state index in [1.807, 2.05) is 56.3 Å². The number of alkyl halides is 1. The molecule has 71 heavy (non-hydrogen) atoms. The van der Waals surface area contributed by atoms with E-state index in [9.17, 15) is 23.7 Å². The average molecular weight is 987 g/mol. The quantitative estimate of drug-likeness (QED) is 0.0790. The Balaban J connectivity index is 1.01.